The molecule has 0 aromatic heterocycles. The standard InChI is InChI=1S/C19H38N6O7/c1-11(27)15(22)18(30)24-13(7-3-5-9-21)16(28)23-12(6-2-4-8-20)17(29)25-14(10-26)19(31)32/h11-15,26-27H,2-10,20-22H2,1H3,(H,23,28)(H,24,30)(H,25,29)(H,31,32). The van der Waals surface area contributed by atoms with Crippen molar-refractivity contribution in [2.24, 2.45) is 17.2 Å². The van der Waals surface area contributed by atoms with Gasteiger partial charge in [-0.3, -0.25) is 14.4 Å². The van der Waals surface area contributed by atoms with Gasteiger partial charge in [-0.1, -0.05) is 0 Å². The summed E-state index contributed by atoms with van der Waals surface area (Å²) in [5.41, 5.74) is 16.6. The Morgan fingerprint density at radius 3 is 1.53 bits per heavy atom. The molecular weight excluding hydrogens is 424 g/mol. The second-order valence-corrected chi connectivity index (χ2v) is 7.54. The van der Waals surface area contributed by atoms with E-state index < -0.39 is 60.6 Å². The van der Waals surface area contributed by atoms with Crippen molar-refractivity contribution in [2.75, 3.05) is 19.7 Å². The number of carboxylic acids is 1. The van der Waals surface area contributed by atoms with Crippen molar-refractivity contribution in [1.29, 1.82) is 0 Å². The molecule has 0 fully saturated rings. The van der Waals surface area contributed by atoms with Crippen molar-refractivity contribution in [2.45, 2.75) is 75.7 Å². The van der Waals surface area contributed by atoms with Crippen LogP contribution in [0.25, 0.3) is 0 Å². The highest BCUT2D eigenvalue weighted by molar-refractivity contribution is 5.94. The van der Waals surface area contributed by atoms with Gasteiger partial charge in [-0.25, -0.2) is 4.79 Å². The molecule has 0 aliphatic heterocycles. The first-order chi connectivity index (χ1) is 15.1. The molecule has 0 heterocycles. The summed E-state index contributed by atoms with van der Waals surface area (Å²) in [5.74, 6) is -3.61. The van der Waals surface area contributed by atoms with Crippen LogP contribution in [0.15, 0.2) is 0 Å². The summed E-state index contributed by atoms with van der Waals surface area (Å²) in [7, 11) is 0. The highest BCUT2D eigenvalue weighted by atomic mass is 16.4. The highest BCUT2D eigenvalue weighted by Crippen LogP contribution is 2.06. The number of amides is 3. The van der Waals surface area contributed by atoms with Gasteiger partial charge in [0.15, 0.2) is 0 Å². The zero-order valence-corrected chi connectivity index (χ0v) is 18.5. The zero-order valence-electron chi connectivity index (χ0n) is 18.5. The van der Waals surface area contributed by atoms with E-state index in [0.717, 1.165) is 0 Å². The first kappa shape index (κ1) is 29.7. The molecule has 186 valence electrons. The Balaban J connectivity index is 5.41. The quantitative estimate of drug-likeness (QED) is 0.0964. The van der Waals surface area contributed by atoms with Gasteiger partial charge in [-0.2, -0.15) is 0 Å². The van der Waals surface area contributed by atoms with Crippen LogP contribution in [-0.4, -0.2) is 89.0 Å². The number of carbonyl (C=O) groups excluding carboxylic acids is 3. The van der Waals surface area contributed by atoms with Gasteiger partial charge in [0.05, 0.1) is 12.7 Å². The second kappa shape index (κ2) is 16.3. The van der Waals surface area contributed by atoms with Crippen LogP contribution in [0.4, 0.5) is 0 Å². The number of unbranched alkanes of at least 4 members (excludes halogenated alkanes) is 2. The summed E-state index contributed by atoms with van der Waals surface area (Å²) in [6, 6.07) is -4.93. The van der Waals surface area contributed by atoms with Crippen molar-refractivity contribution in [3.8, 4) is 0 Å². The summed E-state index contributed by atoms with van der Waals surface area (Å²) >= 11 is 0. The van der Waals surface area contributed by atoms with Crippen molar-refractivity contribution in [1.82, 2.24) is 16.0 Å². The number of carbonyl (C=O) groups is 4. The van der Waals surface area contributed by atoms with E-state index in [1.165, 1.54) is 6.92 Å². The van der Waals surface area contributed by atoms with Crippen LogP contribution in [0.2, 0.25) is 0 Å². The smallest absolute Gasteiger partial charge is 0.328 e. The van der Waals surface area contributed by atoms with Crippen LogP contribution in [0.5, 0.6) is 0 Å². The topological polar surface area (TPSA) is 243 Å². The molecule has 0 aromatic carbocycles. The van der Waals surface area contributed by atoms with Crippen LogP contribution in [0, 0.1) is 0 Å². The summed E-state index contributed by atoms with van der Waals surface area (Å²) in [5, 5.41) is 34.9. The fourth-order valence-corrected chi connectivity index (χ4v) is 2.74. The van der Waals surface area contributed by atoms with Crippen LogP contribution in [-0.2, 0) is 19.2 Å². The van der Waals surface area contributed by atoms with E-state index in [0.29, 0.717) is 38.8 Å². The first-order valence-corrected chi connectivity index (χ1v) is 10.7. The molecule has 0 spiro atoms. The number of carboxylic acid groups (broad SMARTS) is 1. The van der Waals surface area contributed by atoms with Gasteiger partial charge in [0.1, 0.15) is 24.2 Å². The fourth-order valence-electron chi connectivity index (χ4n) is 2.74. The molecule has 0 saturated heterocycles. The lowest BCUT2D eigenvalue weighted by molar-refractivity contribution is -0.143. The first-order valence-electron chi connectivity index (χ1n) is 10.7. The van der Waals surface area contributed by atoms with E-state index in [2.05, 4.69) is 16.0 Å². The van der Waals surface area contributed by atoms with Crippen LogP contribution in [0.3, 0.4) is 0 Å². The van der Waals surface area contributed by atoms with Gasteiger partial charge >= 0.3 is 5.97 Å². The molecule has 0 aliphatic rings. The third-order valence-corrected chi connectivity index (χ3v) is 4.78. The number of hydrogen-bond acceptors (Lipinski definition) is 9. The summed E-state index contributed by atoms with van der Waals surface area (Å²) in [6.07, 6.45) is 1.40. The summed E-state index contributed by atoms with van der Waals surface area (Å²) in [4.78, 5) is 48.8. The Morgan fingerprint density at radius 1 is 0.781 bits per heavy atom. The van der Waals surface area contributed by atoms with Crippen LogP contribution in [0.1, 0.15) is 45.4 Å². The lowest BCUT2D eigenvalue weighted by Crippen LogP contribution is -2.58. The predicted octanol–water partition coefficient (Wildman–Crippen LogP) is -3.52. The molecule has 3 amide bonds. The van der Waals surface area contributed by atoms with E-state index in [9.17, 15) is 24.3 Å². The maximum atomic E-state index is 12.9. The third-order valence-electron chi connectivity index (χ3n) is 4.78. The van der Waals surface area contributed by atoms with Gasteiger partial charge in [0.25, 0.3) is 0 Å². The van der Waals surface area contributed by atoms with Crippen molar-refractivity contribution < 1.29 is 34.5 Å². The summed E-state index contributed by atoms with van der Waals surface area (Å²) < 4.78 is 0. The Kier molecular flexibility index (Phi) is 15.1. The molecule has 12 N–H and O–H groups in total. The second-order valence-electron chi connectivity index (χ2n) is 7.54. The molecule has 0 aliphatic carbocycles. The van der Waals surface area contributed by atoms with E-state index in [1.54, 1.807) is 0 Å². The Morgan fingerprint density at radius 2 is 1.19 bits per heavy atom. The number of aliphatic hydroxyl groups is 2. The van der Waals surface area contributed by atoms with Crippen LogP contribution < -0.4 is 33.2 Å². The molecule has 5 atom stereocenters. The number of aliphatic carboxylic acids is 1. The number of nitrogens with one attached hydrogen (secondary N) is 3. The minimum atomic E-state index is -1.53. The maximum absolute atomic E-state index is 12.9. The van der Waals surface area contributed by atoms with Gasteiger partial charge in [-0.05, 0) is 58.5 Å². The SMILES string of the molecule is CC(O)C(N)C(=O)NC(CCCCN)C(=O)NC(CCCCN)C(=O)NC(CO)C(=O)O. The maximum Gasteiger partial charge on any atom is 0.328 e. The van der Waals surface area contributed by atoms with Crippen molar-refractivity contribution in [3.05, 3.63) is 0 Å². The molecule has 13 heteroatoms. The normalized spacial score (nSPS) is 15.7. The average molecular weight is 463 g/mol. The minimum absolute atomic E-state index is 0.170. The Labute approximate surface area is 187 Å². The van der Waals surface area contributed by atoms with Crippen molar-refractivity contribution >= 4 is 23.7 Å². The summed E-state index contributed by atoms with van der Waals surface area (Å²) in [6.45, 7) is 1.27. The minimum Gasteiger partial charge on any atom is -0.480 e. The zero-order chi connectivity index (χ0) is 24.7. The van der Waals surface area contributed by atoms with Gasteiger partial charge < -0.3 is 48.5 Å². The van der Waals surface area contributed by atoms with Crippen LogP contribution >= 0.6 is 0 Å². The lowest BCUT2D eigenvalue weighted by Gasteiger charge is -2.25. The fraction of sp³-hybridized carbons (Fsp3) is 0.789. The van der Waals surface area contributed by atoms with Gasteiger partial charge in [-0.15, -0.1) is 0 Å². The van der Waals surface area contributed by atoms with E-state index in [4.69, 9.17) is 27.4 Å². The predicted molar refractivity (Wildman–Crippen MR) is 116 cm³/mol. The van der Waals surface area contributed by atoms with E-state index in [1.807, 2.05) is 0 Å². The molecule has 0 radical (unpaired) electrons. The largest absolute Gasteiger partial charge is 0.480 e. The van der Waals surface area contributed by atoms with Crippen molar-refractivity contribution in [3.63, 3.8) is 0 Å². The lowest BCUT2D eigenvalue weighted by atomic mass is 10.0. The van der Waals surface area contributed by atoms with E-state index >= 15 is 0 Å². The Bertz CT molecular complexity index is 605. The third kappa shape index (κ3) is 11.3. The number of nitrogens with two attached hydrogens (primary N) is 3. The monoisotopic (exact) mass is 462 g/mol. The number of aliphatic hydroxyl groups excluding tert-OH is 2. The Hall–Kier alpha value is -2.32. The molecule has 0 rings (SSSR count). The molecule has 0 aromatic rings. The molecule has 0 saturated carbocycles. The molecule has 32 heavy (non-hydrogen) atoms. The highest BCUT2D eigenvalue weighted by Gasteiger charge is 2.30. The number of hydrogen-bond donors (Lipinski definition) is 9. The molecule has 0 bridgehead atoms. The number of rotatable bonds is 17. The molecular formula is C19H38N6O7. The van der Waals surface area contributed by atoms with E-state index in [-0.39, 0.29) is 12.8 Å². The molecule has 13 nitrogen and oxygen atoms in total. The van der Waals surface area contributed by atoms with Gasteiger partial charge in [0.2, 0.25) is 17.7 Å². The van der Waals surface area contributed by atoms with Gasteiger partial charge in [0, 0.05) is 0 Å². The average Bonchev–Trinajstić information content (AvgIpc) is 2.74. The molecule has 5 unspecified atom stereocenters.